The molecule has 0 radical (unpaired) electrons. The van der Waals surface area contributed by atoms with E-state index in [2.05, 4.69) is 30.6 Å². The van der Waals surface area contributed by atoms with Crippen LogP contribution in [0.1, 0.15) is 6.92 Å². The maximum Gasteiger partial charge on any atom is 0.314 e. The molecule has 0 saturated heterocycles. The van der Waals surface area contributed by atoms with Crippen molar-refractivity contribution >= 4 is 42.7 Å². The molecule has 136 valence electrons. The number of benzene rings is 2. The predicted molar refractivity (Wildman–Crippen MR) is 101 cm³/mol. The lowest BCUT2D eigenvalue weighted by molar-refractivity contribution is 0.338. The summed E-state index contributed by atoms with van der Waals surface area (Å²) in [5, 5.41) is 0. The summed E-state index contributed by atoms with van der Waals surface area (Å²) in [6.45, 7) is 2.33. The van der Waals surface area contributed by atoms with Crippen LogP contribution in [0.5, 0.6) is 5.75 Å². The van der Waals surface area contributed by atoms with Crippen LogP contribution in [0.25, 0.3) is 11.0 Å². The number of fused-ring (bicyclic) bond motifs is 1. The molecule has 3 aromatic rings. The molecule has 0 aliphatic rings. The summed E-state index contributed by atoms with van der Waals surface area (Å²) in [7, 11) is -3.90. The maximum absolute atomic E-state index is 12.6. The number of hydrogen-bond donors (Lipinski definition) is 3. The van der Waals surface area contributed by atoms with Crippen molar-refractivity contribution in [2.24, 2.45) is 0 Å². The minimum atomic E-state index is -3.90. The van der Waals surface area contributed by atoms with E-state index in [0.29, 0.717) is 28.0 Å². The Bertz CT molecular complexity index is 1200. The van der Waals surface area contributed by atoms with Crippen molar-refractivity contribution in [1.82, 2.24) is 9.97 Å². The topological polar surface area (TPSA) is 121 Å². The van der Waals surface area contributed by atoms with Crippen LogP contribution in [0.15, 0.2) is 55.4 Å². The van der Waals surface area contributed by atoms with Gasteiger partial charge in [-0.2, -0.15) is 0 Å². The highest BCUT2D eigenvalue weighted by Crippen LogP contribution is 2.29. The minimum Gasteiger partial charge on any atom is -0.493 e. The Hall–Kier alpha value is -2.59. The van der Waals surface area contributed by atoms with E-state index < -0.39 is 21.1 Å². The zero-order valence-corrected chi connectivity index (χ0v) is 15.9. The van der Waals surface area contributed by atoms with Crippen molar-refractivity contribution < 1.29 is 13.2 Å². The number of anilines is 1. The molecule has 0 spiro atoms. The average molecular weight is 440 g/mol. The fourth-order valence-electron chi connectivity index (χ4n) is 2.31. The molecule has 0 amide bonds. The summed E-state index contributed by atoms with van der Waals surface area (Å²) in [5.74, 6) is 0.600. The van der Waals surface area contributed by atoms with E-state index in [1.807, 2.05) is 6.92 Å². The van der Waals surface area contributed by atoms with Gasteiger partial charge in [-0.25, -0.2) is 8.42 Å². The third-order valence-electron chi connectivity index (χ3n) is 3.49. The number of H-pyrrole nitrogens is 2. The molecule has 8 nitrogen and oxygen atoms in total. The molecular formula is C16H14BrN3O5S. The zero-order chi connectivity index (χ0) is 18.9. The van der Waals surface area contributed by atoms with Crippen LogP contribution in [0, 0.1) is 0 Å². The standard InChI is InChI=1S/C16H14BrN3O5S/c1-2-25-14-6-3-9(7-11(14)17)20-26(23,24)10-4-5-12-13(8-10)19-16(22)15(21)18-12/h3-8,20H,2H2,1H3,(H,18,21)(H,19,22). The van der Waals surface area contributed by atoms with Crippen molar-refractivity contribution in [2.45, 2.75) is 11.8 Å². The van der Waals surface area contributed by atoms with Crippen LogP contribution in [0.4, 0.5) is 5.69 Å². The van der Waals surface area contributed by atoms with E-state index >= 15 is 0 Å². The molecule has 0 aliphatic heterocycles. The normalized spacial score (nSPS) is 11.5. The smallest absolute Gasteiger partial charge is 0.314 e. The maximum atomic E-state index is 12.6. The molecular weight excluding hydrogens is 426 g/mol. The SMILES string of the molecule is CCOc1ccc(NS(=O)(=O)c2ccc3[nH]c(=O)c(=O)[nH]c3c2)cc1Br. The first-order chi connectivity index (χ1) is 12.3. The lowest BCUT2D eigenvalue weighted by Crippen LogP contribution is -2.29. The number of ether oxygens (including phenoxy) is 1. The highest BCUT2D eigenvalue weighted by atomic mass is 79.9. The molecule has 0 unspecified atom stereocenters. The van der Waals surface area contributed by atoms with Gasteiger partial charge in [-0.05, 0) is 59.3 Å². The van der Waals surface area contributed by atoms with E-state index in [0.717, 1.165) is 0 Å². The van der Waals surface area contributed by atoms with Crippen LogP contribution >= 0.6 is 15.9 Å². The number of hydrogen-bond acceptors (Lipinski definition) is 5. The highest BCUT2D eigenvalue weighted by Gasteiger charge is 2.16. The molecule has 0 aliphatic carbocycles. The lowest BCUT2D eigenvalue weighted by Gasteiger charge is -2.11. The summed E-state index contributed by atoms with van der Waals surface area (Å²) >= 11 is 3.33. The Balaban J connectivity index is 1.96. The van der Waals surface area contributed by atoms with Gasteiger partial charge in [-0.3, -0.25) is 14.3 Å². The molecule has 3 N–H and O–H groups in total. The Morgan fingerprint density at radius 3 is 2.38 bits per heavy atom. The van der Waals surface area contributed by atoms with Crippen molar-refractivity contribution in [3.8, 4) is 5.75 Å². The van der Waals surface area contributed by atoms with Crippen LogP contribution in [0.3, 0.4) is 0 Å². The van der Waals surface area contributed by atoms with E-state index in [1.54, 1.807) is 18.2 Å². The number of rotatable bonds is 5. The molecule has 0 atom stereocenters. The second-order valence-corrected chi connectivity index (χ2v) is 7.84. The van der Waals surface area contributed by atoms with Crippen LogP contribution < -0.4 is 20.6 Å². The molecule has 3 rings (SSSR count). The van der Waals surface area contributed by atoms with E-state index in [9.17, 15) is 18.0 Å². The Morgan fingerprint density at radius 1 is 1.04 bits per heavy atom. The largest absolute Gasteiger partial charge is 0.493 e. The van der Waals surface area contributed by atoms with Gasteiger partial charge < -0.3 is 14.7 Å². The van der Waals surface area contributed by atoms with Gasteiger partial charge in [0.1, 0.15) is 5.75 Å². The van der Waals surface area contributed by atoms with Crippen molar-refractivity contribution in [1.29, 1.82) is 0 Å². The third kappa shape index (κ3) is 3.65. The lowest BCUT2D eigenvalue weighted by atomic mass is 10.3. The van der Waals surface area contributed by atoms with Crippen LogP contribution in [-0.2, 0) is 10.0 Å². The predicted octanol–water partition coefficient (Wildman–Crippen LogP) is 2.18. The van der Waals surface area contributed by atoms with Gasteiger partial charge >= 0.3 is 11.1 Å². The molecule has 0 fully saturated rings. The van der Waals surface area contributed by atoms with Gasteiger partial charge in [-0.15, -0.1) is 0 Å². The van der Waals surface area contributed by atoms with Crippen molar-refractivity contribution in [2.75, 3.05) is 11.3 Å². The molecule has 2 aromatic carbocycles. The van der Waals surface area contributed by atoms with Gasteiger partial charge in [0.25, 0.3) is 10.0 Å². The summed E-state index contributed by atoms with van der Waals surface area (Å²) in [6, 6.07) is 8.83. The Morgan fingerprint density at radius 2 is 1.73 bits per heavy atom. The van der Waals surface area contributed by atoms with Crippen molar-refractivity contribution in [3.63, 3.8) is 0 Å². The van der Waals surface area contributed by atoms with Crippen molar-refractivity contribution in [3.05, 3.63) is 61.6 Å². The van der Waals surface area contributed by atoms with E-state index in [-0.39, 0.29) is 10.4 Å². The number of sulfonamides is 1. The third-order valence-corrected chi connectivity index (χ3v) is 5.49. The van der Waals surface area contributed by atoms with Crippen LogP contribution in [0.2, 0.25) is 0 Å². The minimum absolute atomic E-state index is 0.0577. The van der Waals surface area contributed by atoms with Gasteiger partial charge in [-0.1, -0.05) is 0 Å². The zero-order valence-electron chi connectivity index (χ0n) is 13.5. The molecule has 1 aromatic heterocycles. The number of nitrogens with one attached hydrogen (secondary N) is 3. The van der Waals surface area contributed by atoms with Crippen LogP contribution in [-0.4, -0.2) is 25.0 Å². The molecule has 0 bridgehead atoms. The van der Waals surface area contributed by atoms with E-state index in [1.165, 1.54) is 18.2 Å². The quantitative estimate of drug-likeness (QED) is 0.526. The fraction of sp³-hybridized carbons (Fsp3) is 0.125. The second-order valence-electron chi connectivity index (χ2n) is 5.30. The second kappa shape index (κ2) is 6.96. The first kappa shape index (κ1) is 18.2. The van der Waals surface area contributed by atoms with Gasteiger partial charge in [0.2, 0.25) is 0 Å². The van der Waals surface area contributed by atoms with Gasteiger partial charge in [0.15, 0.2) is 0 Å². The fourth-order valence-corrected chi connectivity index (χ4v) is 3.88. The molecule has 10 heteroatoms. The first-order valence-corrected chi connectivity index (χ1v) is 9.79. The van der Waals surface area contributed by atoms with Gasteiger partial charge in [0.05, 0.1) is 32.7 Å². The number of aromatic amines is 2. The highest BCUT2D eigenvalue weighted by molar-refractivity contribution is 9.10. The number of halogens is 1. The van der Waals surface area contributed by atoms with E-state index in [4.69, 9.17) is 4.74 Å². The molecule has 1 heterocycles. The average Bonchev–Trinajstić information content (AvgIpc) is 2.58. The Labute approximate surface area is 156 Å². The monoisotopic (exact) mass is 439 g/mol. The first-order valence-electron chi connectivity index (χ1n) is 7.51. The summed E-state index contributed by atoms with van der Waals surface area (Å²) in [5.41, 5.74) is -0.765. The molecule has 0 saturated carbocycles. The summed E-state index contributed by atoms with van der Waals surface area (Å²) in [6.07, 6.45) is 0. The summed E-state index contributed by atoms with van der Waals surface area (Å²) in [4.78, 5) is 27.4. The molecule has 26 heavy (non-hydrogen) atoms. The van der Waals surface area contributed by atoms with Gasteiger partial charge in [0, 0.05) is 0 Å². The Kier molecular flexibility index (Phi) is 4.88. The number of aromatic nitrogens is 2. The summed E-state index contributed by atoms with van der Waals surface area (Å²) < 4.78 is 33.7.